The molecule has 170 valence electrons. The van der Waals surface area contributed by atoms with Crippen LogP contribution in [0.2, 0.25) is 10.0 Å². The molecule has 0 spiro atoms. The number of likely N-dealkylation sites (tertiary alicyclic amines) is 1. The number of hydrogen-bond donors (Lipinski definition) is 0. The van der Waals surface area contributed by atoms with Crippen LogP contribution >= 0.6 is 23.2 Å². The average molecular weight is 476 g/mol. The number of hydrogen-bond acceptors (Lipinski definition) is 4. The van der Waals surface area contributed by atoms with Crippen LogP contribution in [0.4, 0.5) is 5.69 Å². The van der Waals surface area contributed by atoms with E-state index in [-0.39, 0.29) is 11.8 Å². The molecular formula is C24H27Cl2N3O3. The van der Waals surface area contributed by atoms with Gasteiger partial charge < -0.3 is 19.4 Å². The highest BCUT2D eigenvalue weighted by Gasteiger charge is 2.36. The quantitative estimate of drug-likeness (QED) is 0.653. The first-order valence-electron chi connectivity index (χ1n) is 10.9. The van der Waals surface area contributed by atoms with Crippen molar-refractivity contribution >= 4 is 40.7 Å². The fourth-order valence-electron chi connectivity index (χ4n) is 4.35. The van der Waals surface area contributed by atoms with Crippen LogP contribution in [0.1, 0.15) is 28.8 Å². The number of carbonyl (C=O) groups excluding carboxylic acids is 2. The fourth-order valence-corrected chi connectivity index (χ4v) is 4.88. The fraction of sp³-hybridized carbons (Fsp3) is 0.417. The third kappa shape index (κ3) is 5.20. The first kappa shape index (κ1) is 22.9. The van der Waals surface area contributed by atoms with Gasteiger partial charge in [-0.1, -0.05) is 35.3 Å². The summed E-state index contributed by atoms with van der Waals surface area (Å²) < 4.78 is 5.41. The van der Waals surface area contributed by atoms with Crippen LogP contribution in [0.3, 0.4) is 0 Å². The van der Waals surface area contributed by atoms with Gasteiger partial charge in [-0.2, -0.15) is 0 Å². The second-order valence-corrected chi connectivity index (χ2v) is 9.15. The monoisotopic (exact) mass is 475 g/mol. The number of benzene rings is 2. The summed E-state index contributed by atoms with van der Waals surface area (Å²) >= 11 is 12.1. The van der Waals surface area contributed by atoms with Gasteiger partial charge >= 0.3 is 0 Å². The van der Waals surface area contributed by atoms with Crippen molar-refractivity contribution < 1.29 is 14.3 Å². The molecule has 0 radical (unpaired) electrons. The van der Waals surface area contributed by atoms with Crippen molar-refractivity contribution in [3.8, 4) is 0 Å². The minimum Gasteiger partial charge on any atom is -0.378 e. The molecule has 2 aliphatic heterocycles. The Morgan fingerprint density at radius 2 is 1.69 bits per heavy atom. The standard InChI is InChI=1S/C24H27Cl2N3O3/c1-27(16-17-4-6-21(7-5-17)28-9-11-32-12-10-28)24(31)22-3-2-8-29(22)23(30)18-13-19(25)15-20(26)14-18/h4-7,13-15,22H,2-3,8-12,16H2,1H3. The Morgan fingerprint density at radius 1 is 1.03 bits per heavy atom. The molecule has 2 saturated heterocycles. The minimum absolute atomic E-state index is 0.0544. The molecular weight excluding hydrogens is 449 g/mol. The molecule has 2 fully saturated rings. The highest BCUT2D eigenvalue weighted by atomic mass is 35.5. The van der Waals surface area contributed by atoms with Crippen molar-refractivity contribution in [3.05, 3.63) is 63.6 Å². The number of halogens is 2. The summed E-state index contributed by atoms with van der Waals surface area (Å²) in [7, 11) is 1.79. The van der Waals surface area contributed by atoms with E-state index in [2.05, 4.69) is 29.2 Å². The first-order valence-corrected chi connectivity index (χ1v) is 11.6. The molecule has 32 heavy (non-hydrogen) atoms. The lowest BCUT2D eigenvalue weighted by Gasteiger charge is -2.29. The van der Waals surface area contributed by atoms with E-state index >= 15 is 0 Å². The number of anilines is 1. The first-order chi connectivity index (χ1) is 15.4. The number of amides is 2. The zero-order valence-electron chi connectivity index (χ0n) is 18.1. The van der Waals surface area contributed by atoms with Crippen LogP contribution in [0.25, 0.3) is 0 Å². The molecule has 0 aliphatic carbocycles. The average Bonchev–Trinajstić information content (AvgIpc) is 3.28. The van der Waals surface area contributed by atoms with Crippen molar-refractivity contribution in [1.29, 1.82) is 0 Å². The molecule has 2 aliphatic rings. The zero-order valence-corrected chi connectivity index (χ0v) is 19.6. The van der Waals surface area contributed by atoms with Gasteiger partial charge in [0.2, 0.25) is 5.91 Å². The Labute approximate surface area is 198 Å². The van der Waals surface area contributed by atoms with Crippen molar-refractivity contribution in [2.75, 3.05) is 44.8 Å². The molecule has 4 rings (SSSR count). The largest absolute Gasteiger partial charge is 0.378 e. The predicted octanol–water partition coefficient (Wildman–Crippen LogP) is 4.09. The Balaban J connectivity index is 1.40. The summed E-state index contributed by atoms with van der Waals surface area (Å²) in [5.41, 5.74) is 2.62. The molecule has 0 saturated carbocycles. The van der Waals surface area contributed by atoms with E-state index in [0.29, 0.717) is 35.1 Å². The molecule has 1 atom stereocenters. The maximum atomic E-state index is 13.2. The van der Waals surface area contributed by atoms with Gasteiger partial charge in [0.25, 0.3) is 5.91 Å². The van der Waals surface area contributed by atoms with Crippen molar-refractivity contribution in [2.24, 2.45) is 0 Å². The Bertz CT molecular complexity index is 957. The van der Waals surface area contributed by atoms with E-state index in [0.717, 1.165) is 38.3 Å². The SMILES string of the molecule is CN(Cc1ccc(N2CCOCC2)cc1)C(=O)C1CCCN1C(=O)c1cc(Cl)cc(Cl)c1. The third-order valence-corrected chi connectivity index (χ3v) is 6.45. The second kappa shape index (κ2) is 10.1. The number of carbonyl (C=O) groups is 2. The maximum absolute atomic E-state index is 13.2. The number of nitrogens with zero attached hydrogens (tertiary/aromatic N) is 3. The summed E-state index contributed by atoms with van der Waals surface area (Å²) in [6.45, 7) is 4.31. The molecule has 0 bridgehead atoms. The lowest BCUT2D eigenvalue weighted by atomic mass is 10.1. The Morgan fingerprint density at radius 3 is 2.34 bits per heavy atom. The number of ether oxygens (including phenoxy) is 1. The topological polar surface area (TPSA) is 53.1 Å². The van der Waals surface area contributed by atoms with Crippen LogP contribution in [0.5, 0.6) is 0 Å². The van der Waals surface area contributed by atoms with Crippen LogP contribution in [0.15, 0.2) is 42.5 Å². The predicted molar refractivity (Wildman–Crippen MR) is 126 cm³/mol. The van der Waals surface area contributed by atoms with Crippen LogP contribution in [-0.4, -0.2) is 67.6 Å². The molecule has 2 heterocycles. The van der Waals surface area contributed by atoms with Gasteiger partial charge in [-0.3, -0.25) is 9.59 Å². The second-order valence-electron chi connectivity index (χ2n) is 8.27. The molecule has 2 aromatic rings. The van der Waals surface area contributed by atoms with Crippen molar-refractivity contribution in [3.63, 3.8) is 0 Å². The summed E-state index contributed by atoms with van der Waals surface area (Å²) in [4.78, 5) is 31.9. The van der Waals surface area contributed by atoms with E-state index in [1.54, 1.807) is 35.0 Å². The maximum Gasteiger partial charge on any atom is 0.254 e. The zero-order chi connectivity index (χ0) is 22.7. The van der Waals surface area contributed by atoms with Crippen LogP contribution in [0, 0.1) is 0 Å². The van der Waals surface area contributed by atoms with E-state index in [1.807, 2.05) is 0 Å². The lowest BCUT2D eigenvalue weighted by molar-refractivity contribution is -0.134. The molecule has 1 unspecified atom stereocenters. The Hall–Kier alpha value is -2.28. The van der Waals surface area contributed by atoms with Crippen molar-refractivity contribution in [2.45, 2.75) is 25.4 Å². The third-order valence-electron chi connectivity index (χ3n) is 6.02. The summed E-state index contributed by atoms with van der Waals surface area (Å²) in [6, 6.07) is 12.6. The summed E-state index contributed by atoms with van der Waals surface area (Å²) in [5, 5.41) is 0.807. The number of rotatable bonds is 5. The molecule has 2 amide bonds. The number of morpholine rings is 1. The molecule has 8 heteroatoms. The molecule has 0 aromatic heterocycles. The smallest absolute Gasteiger partial charge is 0.254 e. The van der Waals surface area contributed by atoms with Gasteiger partial charge in [-0.25, -0.2) is 0 Å². The normalized spacial score (nSPS) is 18.7. The van der Waals surface area contributed by atoms with Crippen LogP contribution in [-0.2, 0) is 16.1 Å². The summed E-state index contributed by atoms with van der Waals surface area (Å²) in [6.07, 6.45) is 1.44. The molecule has 2 aromatic carbocycles. The van der Waals surface area contributed by atoms with Gasteiger partial charge in [-0.05, 0) is 48.7 Å². The highest BCUT2D eigenvalue weighted by Crippen LogP contribution is 2.26. The van der Waals surface area contributed by atoms with Gasteiger partial charge in [-0.15, -0.1) is 0 Å². The lowest BCUT2D eigenvalue weighted by Crippen LogP contribution is -2.46. The van der Waals surface area contributed by atoms with Crippen LogP contribution < -0.4 is 4.90 Å². The van der Waals surface area contributed by atoms with E-state index in [9.17, 15) is 9.59 Å². The van der Waals surface area contributed by atoms with Crippen molar-refractivity contribution in [1.82, 2.24) is 9.80 Å². The molecule has 0 N–H and O–H groups in total. The van der Waals surface area contributed by atoms with Gasteiger partial charge in [0, 0.05) is 54.5 Å². The van der Waals surface area contributed by atoms with Gasteiger partial charge in [0.05, 0.1) is 13.2 Å². The highest BCUT2D eigenvalue weighted by molar-refractivity contribution is 6.35. The van der Waals surface area contributed by atoms with Gasteiger partial charge in [0.15, 0.2) is 0 Å². The van der Waals surface area contributed by atoms with E-state index in [4.69, 9.17) is 27.9 Å². The van der Waals surface area contributed by atoms with Gasteiger partial charge in [0.1, 0.15) is 6.04 Å². The number of likely N-dealkylation sites (N-methyl/N-ethyl adjacent to an activating group) is 1. The summed E-state index contributed by atoms with van der Waals surface area (Å²) in [5.74, 6) is -0.269. The Kier molecular flexibility index (Phi) is 7.23. The minimum atomic E-state index is -0.474. The van der Waals surface area contributed by atoms with E-state index < -0.39 is 6.04 Å². The van der Waals surface area contributed by atoms with E-state index in [1.165, 1.54) is 5.69 Å². The molecule has 6 nitrogen and oxygen atoms in total.